The molecule has 0 amide bonds. The molecule has 1 N–H and O–H groups in total. The summed E-state index contributed by atoms with van der Waals surface area (Å²) in [6.07, 6.45) is 0. The highest BCUT2D eigenvalue weighted by Gasteiger charge is 2.13. The van der Waals surface area contributed by atoms with E-state index in [0.717, 1.165) is 14.7 Å². The zero-order valence-electron chi connectivity index (χ0n) is 11.4. The van der Waals surface area contributed by atoms with E-state index >= 15 is 0 Å². The van der Waals surface area contributed by atoms with Gasteiger partial charge >= 0.3 is 5.97 Å². The van der Waals surface area contributed by atoms with E-state index in [-0.39, 0.29) is 0 Å². The second-order valence-electron chi connectivity index (χ2n) is 4.76. The Hall–Kier alpha value is -2.47. The van der Waals surface area contributed by atoms with Crippen LogP contribution in [0.5, 0.6) is 0 Å². The van der Waals surface area contributed by atoms with E-state index in [9.17, 15) is 9.59 Å². The van der Waals surface area contributed by atoms with Gasteiger partial charge in [0, 0.05) is 15.4 Å². The number of aromatic nitrogens is 2. The first-order chi connectivity index (χ1) is 10.6. The fraction of sp³-hybridized carbons (Fsp3) is 0.0625. The van der Waals surface area contributed by atoms with Gasteiger partial charge in [-0.3, -0.25) is 9.59 Å². The molecule has 0 spiro atoms. The number of aliphatic carboxylic acids is 1. The lowest BCUT2D eigenvalue weighted by atomic mass is 10.1. The van der Waals surface area contributed by atoms with E-state index in [0.29, 0.717) is 16.5 Å². The number of halogens is 1. The monoisotopic (exact) mass is 358 g/mol. The van der Waals surface area contributed by atoms with Crippen molar-refractivity contribution >= 4 is 32.7 Å². The highest BCUT2D eigenvalue weighted by molar-refractivity contribution is 9.10. The SMILES string of the molecule is O=C(O)Cn1nc(-c2ccc(Br)cc2)c2ccccc2c1=O. The number of nitrogens with zero attached hydrogens (tertiary/aromatic N) is 2. The molecule has 1 heterocycles. The summed E-state index contributed by atoms with van der Waals surface area (Å²) in [5.74, 6) is -1.10. The molecule has 0 bridgehead atoms. The molecule has 0 saturated heterocycles. The van der Waals surface area contributed by atoms with Crippen molar-refractivity contribution in [3.8, 4) is 11.3 Å². The van der Waals surface area contributed by atoms with Crippen LogP contribution in [0.25, 0.3) is 22.0 Å². The van der Waals surface area contributed by atoms with E-state index in [1.54, 1.807) is 12.1 Å². The van der Waals surface area contributed by atoms with E-state index in [4.69, 9.17) is 5.11 Å². The Kier molecular flexibility index (Phi) is 3.77. The second kappa shape index (κ2) is 5.73. The minimum atomic E-state index is -1.10. The van der Waals surface area contributed by atoms with Crippen molar-refractivity contribution in [3.05, 3.63) is 63.4 Å². The summed E-state index contributed by atoms with van der Waals surface area (Å²) in [4.78, 5) is 23.3. The van der Waals surface area contributed by atoms with Crippen LogP contribution in [0.3, 0.4) is 0 Å². The molecule has 0 atom stereocenters. The molecule has 110 valence electrons. The molecule has 0 unspecified atom stereocenters. The predicted molar refractivity (Wildman–Crippen MR) is 86.8 cm³/mol. The fourth-order valence-electron chi connectivity index (χ4n) is 2.29. The van der Waals surface area contributed by atoms with Gasteiger partial charge in [-0.15, -0.1) is 0 Å². The summed E-state index contributed by atoms with van der Waals surface area (Å²) in [6, 6.07) is 14.6. The smallest absolute Gasteiger partial charge is 0.325 e. The highest BCUT2D eigenvalue weighted by Crippen LogP contribution is 2.25. The summed E-state index contributed by atoms with van der Waals surface area (Å²) < 4.78 is 1.92. The average Bonchev–Trinajstić information content (AvgIpc) is 2.51. The van der Waals surface area contributed by atoms with Crippen LogP contribution in [-0.4, -0.2) is 20.9 Å². The van der Waals surface area contributed by atoms with Gasteiger partial charge in [0.1, 0.15) is 6.54 Å². The molecule has 2 aromatic carbocycles. The second-order valence-corrected chi connectivity index (χ2v) is 5.67. The van der Waals surface area contributed by atoms with Crippen molar-refractivity contribution < 1.29 is 9.90 Å². The van der Waals surface area contributed by atoms with E-state index in [1.165, 1.54) is 0 Å². The van der Waals surface area contributed by atoms with Gasteiger partial charge in [-0.25, -0.2) is 4.68 Å². The number of carboxylic acids is 1. The van der Waals surface area contributed by atoms with Gasteiger partial charge < -0.3 is 5.11 Å². The summed E-state index contributed by atoms with van der Waals surface area (Å²) in [7, 11) is 0. The first kappa shape index (κ1) is 14.5. The first-order valence-electron chi connectivity index (χ1n) is 6.54. The van der Waals surface area contributed by atoms with Crippen LogP contribution in [0.4, 0.5) is 0 Å². The fourth-order valence-corrected chi connectivity index (χ4v) is 2.56. The van der Waals surface area contributed by atoms with Gasteiger partial charge in [-0.1, -0.05) is 46.3 Å². The van der Waals surface area contributed by atoms with E-state index in [2.05, 4.69) is 21.0 Å². The standard InChI is InChI=1S/C16H11BrN2O3/c17-11-7-5-10(6-8-11)15-12-3-1-2-4-13(12)16(22)19(18-15)9-14(20)21/h1-8H,9H2,(H,20,21). The van der Waals surface area contributed by atoms with Gasteiger partial charge in [0.2, 0.25) is 0 Å². The zero-order chi connectivity index (χ0) is 15.7. The number of hydrogen-bond donors (Lipinski definition) is 1. The van der Waals surface area contributed by atoms with Crippen LogP contribution in [0.15, 0.2) is 57.8 Å². The number of carboxylic acid groups (broad SMARTS) is 1. The first-order valence-corrected chi connectivity index (χ1v) is 7.33. The lowest BCUT2D eigenvalue weighted by Crippen LogP contribution is -2.27. The van der Waals surface area contributed by atoms with Crippen molar-refractivity contribution in [1.82, 2.24) is 9.78 Å². The molecule has 1 aromatic heterocycles. The molecule has 5 nitrogen and oxygen atoms in total. The maximum absolute atomic E-state index is 12.3. The lowest BCUT2D eigenvalue weighted by molar-refractivity contribution is -0.137. The third-order valence-electron chi connectivity index (χ3n) is 3.27. The molecule has 3 aromatic rings. The minimum absolute atomic E-state index is 0.404. The van der Waals surface area contributed by atoms with Gasteiger partial charge in [0.25, 0.3) is 5.56 Å². The van der Waals surface area contributed by atoms with E-state index < -0.39 is 18.1 Å². The Morgan fingerprint density at radius 1 is 1.09 bits per heavy atom. The number of carbonyl (C=O) groups is 1. The van der Waals surface area contributed by atoms with Crippen molar-refractivity contribution in [3.63, 3.8) is 0 Å². The summed E-state index contributed by atoms with van der Waals surface area (Å²) in [5, 5.41) is 14.4. The molecule has 0 fully saturated rings. The topological polar surface area (TPSA) is 72.2 Å². The van der Waals surface area contributed by atoms with Gasteiger partial charge in [-0.05, 0) is 18.2 Å². The Balaban J connectivity index is 2.32. The quantitative estimate of drug-likeness (QED) is 0.781. The average molecular weight is 359 g/mol. The Morgan fingerprint density at radius 3 is 2.36 bits per heavy atom. The predicted octanol–water partition coefficient (Wildman–Crippen LogP) is 2.91. The number of fused-ring (bicyclic) bond motifs is 1. The Morgan fingerprint density at radius 2 is 1.73 bits per heavy atom. The maximum atomic E-state index is 12.3. The molecule has 0 aliphatic rings. The highest BCUT2D eigenvalue weighted by atomic mass is 79.9. The van der Waals surface area contributed by atoms with Crippen LogP contribution in [0.2, 0.25) is 0 Å². The van der Waals surface area contributed by atoms with Crippen molar-refractivity contribution in [1.29, 1.82) is 0 Å². The van der Waals surface area contributed by atoms with E-state index in [1.807, 2.05) is 36.4 Å². The van der Waals surface area contributed by atoms with Crippen LogP contribution in [-0.2, 0) is 11.3 Å². The lowest BCUT2D eigenvalue weighted by Gasteiger charge is -2.10. The van der Waals surface area contributed by atoms with Gasteiger partial charge in [0.05, 0.1) is 11.1 Å². The molecule has 0 saturated carbocycles. The van der Waals surface area contributed by atoms with Gasteiger partial charge in [0.15, 0.2) is 0 Å². The molecule has 22 heavy (non-hydrogen) atoms. The summed E-state index contributed by atoms with van der Waals surface area (Å²) >= 11 is 3.37. The molecular formula is C16H11BrN2O3. The zero-order valence-corrected chi connectivity index (χ0v) is 12.9. The third-order valence-corrected chi connectivity index (χ3v) is 3.80. The van der Waals surface area contributed by atoms with Crippen LogP contribution in [0.1, 0.15) is 0 Å². The molecule has 6 heteroatoms. The van der Waals surface area contributed by atoms with Crippen LogP contribution < -0.4 is 5.56 Å². The summed E-state index contributed by atoms with van der Waals surface area (Å²) in [6.45, 7) is -0.465. The normalized spacial score (nSPS) is 10.8. The Bertz CT molecular complexity index is 917. The molecule has 0 aliphatic heterocycles. The number of hydrogen-bond acceptors (Lipinski definition) is 3. The maximum Gasteiger partial charge on any atom is 0.325 e. The molecule has 0 aliphatic carbocycles. The Labute approximate surface area is 134 Å². The number of rotatable bonds is 3. The van der Waals surface area contributed by atoms with Crippen molar-refractivity contribution in [2.24, 2.45) is 0 Å². The van der Waals surface area contributed by atoms with Crippen molar-refractivity contribution in [2.75, 3.05) is 0 Å². The molecular weight excluding hydrogens is 348 g/mol. The summed E-state index contributed by atoms with van der Waals surface area (Å²) in [5.41, 5.74) is 1.00. The minimum Gasteiger partial charge on any atom is -0.480 e. The van der Waals surface area contributed by atoms with Crippen molar-refractivity contribution in [2.45, 2.75) is 6.54 Å². The molecule has 0 radical (unpaired) electrons. The number of benzene rings is 2. The van der Waals surface area contributed by atoms with Gasteiger partial charge in [-0.2, -0.15) is 5.10 Å². The van der Waals surface area contributed by atoms with Crippen LogP contribution in [0, 0.1) is 0 Å². The molecule has 3 rings (SSSR count). The van der Waals surface area contributed by atoms with Crippen LogP contribution >= 0.6 is 15.9 Å². The largest absolute Gasteiger partial charge is 0.480 e. The third kappa shape index (κ3) is 2.65.